The predicted molar refractivity (Wildman–Crippen MR) is 116 cm³/mol. The lowest BCUT2D eigenvalue weighted by molar-refractivity contribution is -0.122. The van der Waals surface area contributed by atoms with Gasteiger partial charge in [-0.25, -0.2) is 0 Å². The Labute approximate surface area is 173 Å². The molecule has 0 fully saturated rings. The molecule has 3 N–H and O–H groups in total. The molecule has 1 aromatic heterocycles. The van der Waals surface area contributed by atoms with E-state index in [-0.39, 0.29) is 29.3 Å². The third kappa shape index (κ3) is 3.38. The van der Waals surface area contributed by atoms with Crippen LogP contribution in [0.5, 0.6) is 0 Å². The highest BCUT2D eigenvalue weighted by Crippen LogP contribution is 2.26. The molecular weight excluding hydrogens is 376 g/mol. The summed E-state index contributed by atoms with van der Waals surface area (Å²) < 4.78 is 0. The first-order valence-corrected chi connectivity index (χ1v) is 9.57. The van der Waals surface area contributed by atoms with Gasteiger partial charge in [0.15, 0.2) is 0 Å². The number of hydrogen-bond acceptors (Lipinski definition) is 4. The number of para-hydroxylation sites is 1. The zero-order chi connectivity index (χ0) is 21.3. The van der Waals surface area contributed by atoms with Crippen LogP contribution in [0.1, 0.15) is 16.7 Å². The monoisotopic (exact) mass is 396 g/mol. The zero-order valence-corrected chi connectivity index (χ0v) is 16.4. The molecule has 6 nitrogen and oxygen atoms in total. The van der Waals surface area contributed by atoms with Crippen molar-refractivity contribution in [2.75, 3.05) is 6.54 Å². The number of aliphatic hydroxyl groups excluding tert-OH is 1. The van der Waals surface area contributed by atoms with E-state index in [1.807, 2.05) is 55.6 Å². The van der Waals surface area contributed by atoms with Crippen molar-refractivity contribution in [3.63, 3.8) is 0 Å². The molecule has 0 bridgehead atoms. The quantitative estimate of drug-likeness (QED) is 0.561. The topological polar surface area (TPSA) is 104 Å². The van der Waals surface area contributed by atoms with E-state index in [9.17, 15) is 15.2 Å². The highest BCUT2D eigenvalue weighted by Gasteiger charge is 2.34. The molecule has 0 unspecified atom stereocenters. The molecule has 2 aromatic carbocycles. The number of nitriles is 1. The van der Waals surface area contributed by atoms with Crippen LogP contribution in [0.25, 0.3) is 16.7 Å². The van der Waals surface area contributed by atoms with E-state index in [1.54, 1.807) is 12.1 Å². The molecule has 0 spiro atoms. The summed E-state index contributed by atoms with van der Waals surface area (Å²) in [5.41, 5.74) is 3.65. The van der Waals surface area contributed by atoms with Crippen molar-refractivity contribution in [2.24, 2.45) is 0 Å². The first kappa shape index (κ1) is 19.2. The maximum absolute atomic E-state index is 12.9. The molecule has 1 aliphatic heterocycles. The molecule has 1 amide bonds. The molecule has 0 radical (unpaired) electrons. The summed E-state index contributed by atoms with van der Waals surface area (Å²) in [7, 11) is 0. The van der Waals surface area contributed by atoms with Crippen LogP contribution in [0.2, 0.25) is 0 Å². The molecule has 2 heterocycles. The Morgan fingerprint density at radius 2 is 1.97 bits per heavy atom. The highest BCUT2D eigenvalue weighted by atomic mass is 16.3. The van der Waals surface area contributed by atoms with E-state index < -0.39 is 5.91 Å². The van der Waals surface area contributed by atoms with E-state index >= 15 is 0 Å². The maximum atomic E-state index is 12.9. The molecule has 30 heavy (non-hydrogen) atoms. The van der Waals surface area contributed by atoms with E-state index in [0.29, 0.717) is 12.0 Å². The fourth-order valence-electron chi connectivity index (χ4n) is 3.59. The fourth-order valence-corrected chi connectivity index (χ4v) is 3.59. The number of nitrogens with zero attached hydrogens (tertiary/aromatic N) is 2. The molecule has 148 valence electrons. The average molecular weight is 396 g/mol. The number of aryl methyl sites for hydroxylation is 1. The zero-order valence-electron chi connectivity index (χ0n) is 16.4. The van der Waals surface area contributed by atoms with Gasteiger partial charge in [0.25, 0.3) is 5.91 Å². The summed E-state index contributed by atoms with van der Waals surface area (Å²) >= 11 is 0. The molecule has 0 saturated carbocycles. The van der Waals surface area contributed by atoms with Gasteiger partial charge < -0.3 is 10.1 Å². The number of carbonyl (C=O) groups excluding carboxylic acids is 1. The van der Waals surface area contributed by atoms with E-state index in [2.05, 4.69) is 4.98 Å². The molecule has 1 aliphatic rings. The Balaban J connectivity index is 1.57. The van der Waals surface area contributed by atoms with Crippen molar-refractivity contribution >= 4 is 28.4 Å². The first-order chi connectivity index (χ1) is 14.5. The van der Waals surface area contributed by atoms with Crippen LogP contribution < -0.4 is 0 Å². The summed E-state index contributed by atoms with van der Waals surface area (Å²) in [6.07, 6.45) is 3.72. The second kappa shape index (κ2) is 7.72. The maximum Gasteiger partial charge on any atom is 0.261 e. The Morgan fingerprint density at radius 3 is 2.70 bits per heavy atom. The molecule has 0 saturated heterocycles. The minimum Gasteiger partial charge on any atom is -0.507 e. The summed E-state index contributed by atoms with van der Waals surface area (Å²) in [4.78, 5) is 17.4. The van der Waals surface area contributed by atoms with Gasteiger partial charge in [0.05, 0.1) is 5.57 Å². The van der Waals surface area contributed by atoms with Crippen LogP contribution in [-0.2, 0) is 11.2 Å². The Hall–Kier alpha value is -4.11. The number of H-pyrrole nitrogens is 1. The summed E-state index contributed by atoms with van der Waals surface area (Å²) in [6, 6.07) is 17.0. The third-order valence-electron chi connectivity index (χ3n) is 5.27. The van der Waals surface area contributed by atoms with Crippen molar-refractivity contribution in [1.29, 1.82) is 10.7 Å². The number of aliphatic hydroxyl groups is 1. The second-order valence-electron chi connectivity index (χ2n) is 7.21. The van der Waals surface area contributed by atoms with Gasteiger partial charge in [0.2, 0.25) is 0 Å². The lowest BCUT2D eigenvalue weighted by atomic mass is 10.1. The molecular formula is C24H20N4O2. The van der Waals surface area contributed by atoms with Gasteiger partial charge in [-0.05, 0) is 31.1 Å². The van der Waals surface area contributed by atoms with Crippen molar-refractivity contribution in [2.45, 2.75) is 13.3 Å². The summed E-state index contributed by atoms with van der Waals surface area (Å²) in [6.45, 7) is 2.21. The smallest absolute Gasteiger partial charge is 0.261 e. The van der Waals surface area contributed by atoms with Gasteiger partial charge in [-0.3, -0.25) is 15.1 Å². The number of rotatable bonds is 5. The minimum absolute atomic E-state index is 0.0300. The molecule has 3 aromatic rings. The lowest BCUT2D eigenvalue weighted by Crippen LogP contribution is -2.33. The fraction of sp³-hybridized carbons (Fsp3) is 0.125. The van der Waals surface area contributed by atoms with Gasteiger partial charge >= 0.3 is 0 Å². The van der Waals surface area contributed by atoms with Gasteiger partial charge in [-0.2, -0.15) is 5.26 Å². The number of aromatic nitrogens is 1. The third-order valence-corrected chi connectivity index (χ3v) is 5.27. The van der Waals surface area contributed by atoms with Crippen molar-refractivity contribution < 1.29 is 9.90 Å². The molecule has 0 atom stereocenters. The average Bonchev–Trinajstić information content (AvgIpc) is 3.26. The number of amidine groups is 1. The number of carbonyl (C=O) groups is 1. The Kier molecular flexibility index (Phi) is 4.95. The highest BCUT2D eigenvalue weighted by molar-refractivity contribution is 6.23. The van der Waals surface area contributed by atoms with Gasteiger partial charge in [-0.15, -0.1) is 0 Å². The number of nitrogens with one attached hydrogen (secondary N) is 2. The van der Waals surface area contributed by atoms with Crippen LogP contribution >= 0.6 is 0 Å². The number of fused-ring (bicyclic) bond motifs is 1. The first-order valence-electron chi connectivity index (χ1n) is 9.57. The van der Waals surface area contributed by atoms with Crippen molar-refractivity contribution in [3.8, 4) is 6.07 Å². The van der Waals surface area contributed by atoms with Gasteiger partial charge in [0, 0.05) is 29.2 Å². The minimum atomic E-state index is -0.449. The standard InChI is InChI=1S/C24H20N4O2/c1-15-6-8-16(9-7-15)22(29)12-19-20(13-25)23(26)28(24(19)30)11-10-17-14-27-21-5-3-2-4-18(17)21/h2-9,12,14,26-27,29H,10-11H2,1H3/b22-12-,26-23?. The van der Waals surface area contributed by atoms with Crippen LogP contribution in [0.15, 0.2) is 72.0 Å². The van der Waals surface area contributed by atoms with E-state index in [1.165, 1.54) is 11.0 Å². The lowest BCUT2D eigenvalue weighted by Gasteiger charge is -2.16. The SMILES string of the molecule is Cc1ccc(/C(O)=C/C2=C(C#N)C(=N)N(CCc3c[nH]c4ccccc34)C2=O)cc1. The van der Waals surface area contributed by atoms with Crippen LogP contribution in [0, 0.1) is 23.7 Å². The second-order valence-corrected chi connectivity index (χ2v) is 7.21. The van der Waals surface area contributed by atoms with E-state index in [4.69, 9.17) is 5.41 Å². The van der Waals surface area contributed by atoms with Gasteiger partial charge in [-0.1, -0.05) is 48.0 Å². The Morgan fingerprint density at radius 1 is 1.23 bits per heavy atom. The molecule has 6 heteroatoms. The van der Waals surface area contributed by atoms with Crippen molar-refractivity contribution in [1.82, 2.24) is 9.88 Å². The number of hydrogen-bond donors (Lipinski definition) is 3. The van der Waals surface area contributed by atoms with Crippen LogP contribution in [0.3, 0.4) is 0 Å². The number of aromatic amines is 1. The predicted octanol–water partition coefficient (Wildman–Crippen LogP) is 4.26. The Bertz CT molecular complexity index is 1260. The molecule has 4 rings (SSSR count). The van der Waals surface area contributed by atoms with Crippen molar-refractivity contribution in [3.05, 3.63) is 88.6 Å². The van der Waals surface area contributed by atoms with Crippen LogP contribution in [-0.4, -0.2) is 33.3 Å². The number of amides is 1. The summed E-state index contributed by atoms with van der Waals surface area (Å²) in [5, 5.41) is 29.3. The largest absolute Gasteiger partial charge is 0.507 e. The number of benzene rings is 2. The normalized spacial score (nSPS) is 14.7. The van der Waals surface area contributed by atoms with Gasteiger partial charge in [0.1, 0.15) is 23.2 Å². The van der Waals surface area contributed by atoms with E-state index in [0.717, 1.165) is 22.0 Å². The molecule has 0 aliphatic carbocycles. The summed E-state index contributed by atoms with van der Waals surface area (Å²) in [5.74, 6) is -0.697. The van der Waals surface area contributed by atoms with Crippen LogP contribution in [0.4, 0.5) is 0 Å².